The van der Waals surface area contributed by atoms with Gasteiger partial charge in [0.1, 0.15) is 5.75 Å². The molecule has 0 atom stereocenters. The highest BCUT2D eigenvalue weighted by Crippen LogP contribution is 2.16. The van der Waals surface area contributed by atoms with Gasteiger partial charge in [0.05, 0.1) is 6.61 Å². The van der Waals surface area contributed by atoms with Crippen molar-refractivity contribution in [2.75, 3.05) is 6.61 Å². The van der Waals surface area contributed by atoms with Gasteiger partial charge in [-0.25, -0.2) is 0 Å². The quantitative estimate of drug-likeness (QED) is 0.541. The van der Waals surface area contributed by atoms with Gasteiger partial charge >= 0.3 is 0 Å². The highest BCUT2D eigenvalue weighted by Gasteiger charge is 1.94. The Morgan fingerprint density at radius 1 is 0.882 bits per heavy atom. The summed E-state index contributed by atoms with van der Waals surface area (Å²) in [5.74, 6) is 0.971. The molecule has 0 aliphatic carbocycles. The second-order valence-corrected chi connectivity index (χ2v) is 5.34. The molecule has 17 heavy (non-hydrogen) atoms. The fourth-order valence-corrected chi connectivity index (χ4v) is 2.04. The molecule has 2 heteroatoms. The standard InChI is InChI=1S/C15H23BrO/c1-2-3-4-5-6-7-8-13-17-15-11-9-14(16)10-12-15/h9-12H,2-8,13H2,1H3. The lowest BCUT2D eigenvalue weighted by molar-refractivity contribution is 0.304. The number of hydrogen-bond donors (Lipinski definition) is 0. The smallest absolute Gasteiger partial charge is 0.119 e. The maximum Gasteiger partial charge on any atom is 0.119 e. The zero-order valence-corrected chi connectivity index (χ0v) is 12.3. The molecule has 0 unspecified atom stereocenters. The Hall–Kier alpha value is -0.500. The minimum atomic E-state index is 0.843. The van der Waals surface area contributed by atoms with Crippen molar-refractivity contribution in [2.24, 2.45) is 0 Å². The van der Waals surface area contributed by atoms with Gasteiger partial charge in [-0.2, -0.15) is 0 Å². The minimum absolute atomic E-state index is 0.843. The summed E-state index contributed by atoms with van der Waals surface area (Å²) in [7, 11) is 0. The molecule has 0 spiro atoms. The van der Waals surface area contributed by atoms with Crippen molar-refractivity contribution in [3.8, 4) is 5.75 Å². The van der Waals surface area contributed by atoms with Gasteiger partial charge in [-0.15, -0.1) is 0 Å². The van der Waals surface area contributed by atoms with Crippen molar-refractivity contribution >= 4 is 15.9 Å². The molecule has 0 saturated carbocycles. The van der Waals surface area contributed by atoms with E-state index in [-0.39, 0.29) is 0 Å². The topological polar surface area (TPSA) is 9.23 Å². The summed E-state index contributed by atoms with van der Waals surface area (Å²) in [5, 5.41) is 0. The summed E-state index contributed by atoms with van der Waals surface area (Å²) in [6, 6.07) is 8.04. The minimum Gasteiger partial charge on any atom is -0.494 e. The van der Waals surface area contributed by atoms with Gasteiger partial charge in [-0.1, -0.05) is 61.4 Å². The van der Waals surface area contributed by atoms with Crippen LogP contribution in [-0.2, 0) is 0 Å². The Kier molecular flexibility index (Phi) is 8.16. The van der Waals surface area contributed by atoms with E-state index in [0.29, 0.717) is 0 Å². The number of benzene rings is 1. The molecule has 0 aliphatic heterocycles. The predicted molar refractivity (Wildman–Crippen MR) is 77.6 cm³/mol. The van der Waals surface area contributed by atoms with Crippen LogP contribution in [0.3, 0.4) is 0 Å². The molecule has 1 rings (SSSR count). The van der Waals surface area contributed by atoms with E-state index in [4.69, 9.17) is 4.74 Å². The molecule has 0 heterocycles. The molecule has 1 nitrogen and oxygen atoms in total. The molecule has 0 aromatic heterocycles. The Bertz CT molecular complexity index is 281. The summed E-state index contributed by atoms with van der Waals surface area (Å²) < 4.78 is 6.77. The van der Waals surface area contributed by atoms with Gasteiger partial charge in [0.2, 0.25) is 0 Å². The molecule has 0 aliphatic rings. The zero-order chi connectivity index (χ0) is 12.3. The average molecular weight is 299 g/mol. The van der Waals surface area contributed by atoms with Crippen LogP contribution in [0.1, 0.15) is 51.9 Å². The Balaban J connectivity index is 1.95. The third-order valence-electron chi connectivity index (χ3n) is 2.83. The lowest BCUT2D eigenvalue weighted by Crippen LogP contribution is -1.96. The Morgan fingerprint density at radius 3 is 2.12 bits per heavy atom. The molecule has 1 aromatic carbocycles. The molecular weight excluding hydrogens is 276 g/mol. The van der Waals surface area contributed by atoms with Gasteiger partial charge in [0.25, 0.3) is 0 Å². The second kappa shape index (κ2) is 9.52. The summed E-state index contributed by atoms with van der Waals surface area (Å²) in [6.07, 6.45) is 9.30. The monoisotopic (exact) mass is 298 g/mol. The molecule has 1 aromatic rings. The predicted octanol–water partition coefficient (Wildman–Crippen LogP) is 5.58. The van der Waals surface area contributed by atoms with Crippen LogP contribution in [0.5, 0.6) is 5.75 Å². The van der Waals surface area contributed by atoms with Crippen molar-refractivity contribution in [3.05, 3.63) is 28.7 Å². The van der Waals surface area contributed by atoms with Crippen LogP contribution < -0.4 is 4.74 Å². The molecule has 0 radical (unpaired) electrons. The van der Waals surface area contributed by atoms with E-state index in [9.17, 15) is 0 Å². The SMILES string of the molecule is CCCCCCCCCOc1ccc(Br)cc1. The number of halogens is 1. The number of hydrogen-bond acceptors (Lipinski definition) is 1. The Morgan fingerprint density at radius 2 is 1.47 bits per heavy atom. The molecular formula is C15H23BrO. The summed E-state index contributed by atoms with van der Waals surface area (Å²) in [4.78, 5) is 0. The maximum atomic E-state index is 5.67. The zero-order valence-electron chi connectivity index (χ0n) is 10.8. The highest BCUT2D eigenvalue weighted by molar-refractivity contribution is 9.10. The highest BCUT2D eigenvalue weighted by atomic mass is 79.9. The first-order valence-electron chi connectivity index (χ1n) is 6.71. The Labute approximate surface area is 114 Å². The third kappa shape index (κ3) is 7.43. The fourth-order valence-electron chi connectivity index (χ4n) is 1.78. The van der Waals surface area contributed by atoms with Crippen molar-refractivity contribution in [2.45, 2.75) is 51.9 Å². The lowest BCUT2D eigenvalue weighted by atomic mass is 10.1. The maximum absolute atomic E-state index is 5.67. The normalized spacial score (nSPS) is 10.5. The number of rotatable bonds is 9. The van der Waals surface area contributed by atoms with Crippen LogP contribution in [0.4, 0.5) is 0 Å². The van der Waals surface area contributed by atoms with E-state index >= 15 is 0 Å². The summed E-state index contributed by atoms with van der Waals surface area (Å²) in [6.45, 7) is 3.10. The largest absolute Gasteiger partial charge is 0.494 e. The van der Waals surface area contributed by atoms with Crippen LogP contribution in [0.25, 0.3) is 0 Å². The van der Waals surface area contributed by atoms with E-state index in [1.807, 2.05) is 24.3 Å². The van der Waals surface area contributed by atoms with E-state index in [2.05, 4.69) is 22.9 Å². The number of unbranched alkanes of at least 4 members (excludes halogenated alkanes) is 6. The van der Waals surface area contributed by atoms with Gasteiger partial charge in [0, 0.05) is 4.47 Å². The lowest BCUT2D eigenvalue weighted by Gasteiger charge is -2.06. The van der Waals surface area contributed by atoms with E-state index in [1.54, 1.807) is 0 Å². The average Bonchev–Trinajstić information content (AvgIpc) is 2.35. The molecule has 96 valence electrons. The van der Waals surface area contributed by atoms with Crippen molar-refractivity contribution in [1.82, 2.24) is 0 Å². The van der Waals surface area contributed by atoms with E-state index < -0.39 is 0 Å². The van der Waals surface area contributed by atoms with Crippen LogP contribution in [0.15, 0.2) is 28.7 Å². The molecule has 0 fully saturated rings. The van der Waals surface area contributed by atoms with Crippen LogP contribution >= 0.6 is 15.9 Å². The van der Waals surface area contributed by atoms with Crippen molar-refractivity contribution in [1.29, 1.82) is 0 Å². The fraction of sp³-hybridized carbons (Fsp3) is 0.600. The van der Waals surface area contributed by atoms with E-state index in [1.165, 1.54) is 44.9 Å². The first-order chi connectivity index (χ1) is 8.33. The second-order valence-electron chi connectivity index (χ2n) is 4.42. The van der Waals surface area contributed by atoms with Crippen LogP contribution in [-0.4, -0.2) is 6.61 Å². The van der Waals surface area contributed by atoms with Gasteiger partial charge in [-0.3, -0.25) is 0 Å². The van der Waals surface area contributed by atoms with Gasteiger partial charge < -0.3 is 4.74 Å². The first kappa shape index (κ1) is 14.6. The summed E-state index contributed by atoms with van der Waals surface area (Å²) >= 11 is 3.41. The third-order valence-corrected chi connectivity index (χ3v) is 3.36. The van der Waals surface area contributed by atoms with Crippen molar-refractivity contribution in [3.63, 3.8) is 0 Å². The van der Waals surface area contributed by atoms with Crippen molar-refractivity contribution < 1.29 is 4.74 Å². The van der Waals surface area contributed by atoms with E-state index in [0.717, 1.165) is 16.8 Å². The first-order valence-corrected chi connectivity index (χ1v) is 7.50. The molecule has 0 saturated heterocycles. The summed E-state index contributed by atoms with van der Waals surface area (Å²) in [5.41, 5.74) is 0. The molecule has 0 bridgehead atoms. The van der Waals surface area contributed by atoms with Crippen LogP contribution in [0.2, 0.25) is 0 Å². The van der Waals surface area contributed by atoms with Gasteiger partial charge in [-0.05, 0) is 30.7 Å². The van der Waals surface area contributed by atoms with Crippen LogP contribution in [0, 0.1) is 0 Å². The number of ether oxygens (including phenoxy) is 1. The molecule has 0 amide bonds. The molecule has 0 N–H and O–H groups in total. The van der Waals surface area contributed by atoms with Gasteiger partial charge in [0.15, 0.2) is 0 Å².